The minimum atomic E-state index is -1.38. The van der Waals surface area contributed by atoms with Crippen LogP contribution in [0.2, 0.25) is 0 Å². The first-order valence-corrected chi connectivity index (χ1v) is 13.6. The van der Waals surface area contributed by atoms with Crippen LogP contribution in [0, 0.1) is 11.3 Å². The smallest absolute Gasteiger partial charge is 0.262 e. The number of nitriles is 1. The Hall–Kier alpha value is -3.76. The Balaban J connectivity index is 1.19. The van der Waals surface area contributed by atoms with Gasteiger partial charge in [0.25, 0.3) is 5.91 Å². The minimum Gasteiger partial charge on any atom is -0.457 e. The van der Waals surface area contributed by atoms with Crippen molar-refractivity contribution in [2.24, 2.45) is 0 Å². The van der Waals surface area contributed by atoms with Crippen molar-refractivity contribution in [2.45, 2.75) is 24.4 Å². The molecule has 2 saturated heterocycles. The first-order valence-electron chi connectivity index (χ1n) is 13.6. The van der Waals surface area contributed by atoms with Crippen LogP contribution < -0.4 is 10.6 Å². The molecule has 11 heteroatoms. The average molecular weight is 563 g/mol. The number of ether oxygens (including phenoxy) is 2. The van der Waals surface area contributed by atoms with Gasteiger partial charge >= 0.3 is 0 Å². The predicted molar refractivity (Wildman–Crippen MR) is 152 cm³/mol. The number of benzene rings is 2. The number of morpholine rings is 1. The van der Waals surface area contributed by atoms with Crippen LogP contribution in [0.3, 0.4) is 0 Å². The molecule has 3 aromatic rings. The largest absolute Gasteiger partial charge is 0.457 e. The molecule has 1 aromatic heterocycles. The molecule has 2 aliphatic rings. The number of anilines is 1. The van der Waals surface area contributed by atoms with E-state index in [1.807, 2.05) is 24.3 Å². The summed E-state index contributed by atoms with van der Waals surface area (Å²) in [6.07, 6.45) is -3.52. The molecular formula is C30H34N4O7. The number of furan rings is 1. The highest BCUT2D eigenvalue weighted by Gasteiger charge is 2.37. The fourth-order valence-electron chi connectivity index (χ4n) is 4.90. The van der Waals surface area contributed by atoms with Crippen molar-refractivity contribution in [3.8, 4) is 17.4 Å². The number of hydrogen-bond donors (Lipinski definition) is 5. The fraction of sp³-hybridized carbons (Fsp3) is 0.400. The monoisotopic (exact) mass is 562 g/mol. The lowest BCUT2D eigenvalue weighted by molar-refractivity contribution is -0.185. The highest BCUT2D eigenvalue weighted by molar-refractivity contribution is 6.01. The van der Waals surface area contributed by atoms with E-state index in [0.717, 1.165) is 61.4 Å². The van der Waals surface area contributed by atoms with E-state index in [1.165, 1.54) is 6.08 Å². The van der Waals surface area contributed by atoms with Crippen molar-refractivity contribution in [1.82, 2.24) is 10.2 Å². The van der Waals surface area contributed by atoms with E-state index in [-0.39, 0.29) is 18.7 Å². The molecular weight excluding hydrogens is 528 g/mol. The average Bonchev–Trinajstić information content (AvgIpc) is 3.47. The van der Waals surface area contributed by atoms with Crippen LogP contribution in [-0.4, -0.2) is 103 Å². The van der Waals surface area contributed by atoms with E-state index in [4.69, 9.17) is 13.9 Å². The van der Waals surface area contributed by atoms with Gasteiger partial charge in [0, 0.05) is 50.1 Å². The zero-order chi connectivity index (χ0) is 28.8. The van der Waals surface area contributed by atoms with Crippen LogP contribution in [0.4, 0.5) is 5.69 Å². The summed E-state index contributed by atoms with van der Waals surface area (Å²) >= 11 is 0. The quantitative estimate of drug-likeness (QED) is 0.190. The first-order chi connectivity index (χ1) is 19.9. The predicted octanol–water partition coefficient (Wildman–Crippen LogP) is 1.35. The molecule has 5 N–H and O–H groups in total. The topological polar surface area (TPSA) is 160 Å². The maximum Gasteiger partial charge on any atom is 0.262 e. The Morgan fingerprint density at radius 2 is 1.83 bits per heavy atom. The van der Waals surface area contributed by atoms with Crippen molar-refractivity contribution in [3.05, 3.63) is 59.9 Å². The van der Waals surface area contributed by atoms with Crippen molar-refractivity contribution >= 4 is 28.4 Å². The maximum atomic E-state index is 12.6. The third kappa shape index (κ3) is 7.12. The van der Waals surface area contributed by atoms with Gasteiger partial charge in [-0.15, -0.1) is 0 Å². The van der Waals surface area contributed by atoms with Crippen LogP contribution in [0.15, 0.2) is 58.5 Å². The van der Waals surface area contributed by atoms with E-state index in [0.29, 0.717) is 11.5 Å². The summed E-state index contributed by atoms with van der Waals surface area (Å²) in [5.41, 5.74) is 1.73. The number of carbonyl (C=O) groups excluding carboxylic acids is 1. The molecule has 3 heterocycles. The molecule has 0 saturated carbocycles. The molecule has 41 heavy (non-hydrogen) atoms. The SMILES string of the molecule is N#CC(=Cc1ccc(-c2ccc3cc(NCCN4CCOCC4)ccc3c2)o1)C(=O)NCC1OCC(O)C(O)C1O. The van der Waals surface area contributed by atoms with E-state index in [2.05, 4.69) is 33.7 Å². The minimum absolute atomic E-state index is 0.144. The van der Waals surface area contributed by atoms with Gasteiger partial charge in [-0.1, -0.05) is 18.2 Å². The molecule has 5 rings (SSSR count). The number of aliphatic hydroxyl groups is 3. The molecule has 4 atom stereocenters. The van der Waals surface area contributed by atoms with Crippen LogP contribution in [0.5, 0.6) is 0 Å². The summed E-state index contributed by atoms with van der Waals surface area (Å²) in [6, 6.07) is 17.6. The van der Waals surface area contributed by atoms with Crippen molar-refractivity contribution in [3.63, 3.8) is 0 Å². The second-order valence-electron chi connectivity index (χ2n) is 10.2. The lowest BCUT2D eigenvalue weighted by atomic mass is 10.00. The molecule has 1 amide bonds. The Kier molecular flexibility index (Phi) is 9.31. The third-order valence-corrected chi connectivity index (χ3v) is 7.33. The Labute approximate surface area is 237 Å². The molecule has 2 aliphatic heterocycles. The van der Waals surface area contributed by atoms with Crippen LogP contribution in [0.1, 0.15) is 5.76 Å². The fourth-order valence-corrected chi connectivity index (χ4v) is 4.90. The Bertz CT molecular complexity index is 1430. The van der Waals surface area contributed by atoms with E-state index in [9.17, 15) is 25.4 Å². The number of rotatable bonds is 9. The molecule has 0 aliphatic carbocycles. The van der Waals surface area contributed by atoms with Crippen LogP contribution >= 0.6 is 0 Å². The zero-order valence-corrected chi connectivity index (χ0v) is 22.5. The van der Waals surface area contributed by atoms with Crippen molar-refractivity contribution in [1.29, 1.82) is 5.26 Å². The highest BCUT2D eigenvalue weighted by atomic mass is 16.5. The van der Waals surface area contributed by atoms with Crippen molar-refractivity contribution in [2.75, 3.05) is 57.9 Å². The number of hydrogen-bond acceptors (Lipinski definition) is 10. The molecule has 0 spiro atoms. The molecule has 2 aromatic carbocycles. The maximum absolute atomic E-state index is 12.6. The van der Waals surface area contributed by atoms with Gasteiger partial charge in [0.2, 0.25) is 0 Å². The number of amides is 1. The number of nitrogens with one attached hydrogen (secondary N) is 2. The van der Waals surface area contributed by atoms with Gasteiger partial charge in [-0.05, 0) is 41.1 Å². The Morgan fingerprint density at radius 1 is 1.05 bits per heavy atom. The summed E-state index contributed by atoms with van der Waals surface area (Å²) in [5, 5.41) is 47.1. The molecule has 2 fully saturated rings. The summed E-state index contributed by atoms with van der Waals surface area (Å²) in [6.45, 7) is 5.04. The summed E-state index contributed by atoms with van der Waals surface area (Å²) in [7, 11) is 0. The molecule has 0 bridgehead atoms. The molecule has 0 radical (unpaired) electrons. The van der Waals surface area contributed by atoms with Gasteiger partial charge < -0.3 is 39.8 Å². The molecule has 216 valence electrons. The molecule has 4 unspecified atom stereocenters. The Morgan fingerprint density at radius 3 is 2.63 bits per heavy atom. The first kappa shape index (κ1) is 28.8. The lowest BCUT2D eigenvalue weighted by Gasteiger charge is -2.35. The summed E-state index contributed by atoms with van der Waals surface area (Å²) in [4.78, 5) is 15.0. The van der Waals surface area contributed by atoms with Gasteiger partial charge in [0.05, 0.1) is 19.8 Å². The lowest BCUT2D eigenvalue weighted by Crippen LogP contribution is -2.56. The summed E-state index contributed by atoms with van der Waals surface area (Å²) in [5.74, 6) is 0.246. The molecule has 11 nitrogen and oxygen atoms in total. The van der Waals surface area contributed by atoms with E-state index >= 15 is 0 Å². The normalized spacial score (nSPS) is 23.7. The van der Waals surface area contributed by atoms with Crippen molar-refractivity contribution < 1.29 is 34.0 Å². The number of aliphatic hydroxyl groups excluding tert-OH is 3. The standard InChI is InChI=1S/C30H34N4O7/c31-16-22(30(38)33-17-27-29(37)28(36)25(35)18-40-27)15-24-5-6-26(41-24)21-2-1-20-14-23(4-3-19(20)13-21)32-7-8-34-9-11-39-12-10-34/h1-6,13-15,25,27-29,32,35-37H,7-12,17-18H2,(H,33,38). The van der Waals surface area contributed by atoms with Crippen LogP contribution in [-0.2, 0) is 14.3 Å². The van der Waals surface area contributed by atoms with Gasteiger partial charge in [-0.3, -0.25) is 9.69 Å². The van der Waals surface area contributed by atoms with Gasteiger partial charge in [0.15, 0.2) is 0 Å². The van der Waals surface area contributed by atoms with E-state index in [1.54, 1.807) is 12.1 Å². The van der Waals surface area contributed by atoms with Gasteiger partial charge in [0.1, 0.15) is 47.6 Å². The summed E-state index contributed by atoms with van der Waals surface area (Å²) < 4.78 is 16.6. The number of carbonyl (C=O) groups is 1. The highest BCUT2D eigenvalue weighted by Crippen LogP contribution is 2.28. The van der Waals surface area contributed by atoms with Gasteiger partial charge in [-0.25, -0.2) is 0 Å². The third-order valence-electron chi connectivity index (χ3n) is 7.33. The van der Waals surface area contributed by atoms with E-state index < -0.39 is 30.3 Å². The zero-order valence-electron chi connectivity index (χ0n) is 22.5. The number of nitrogens with zero attached hydrogens (tertiary/aromatic N) is 2. The van der Waals surface area contributed by atoms with Gasteiger partial charge in [-0.2, -0.15) is 5.26 Å². The number of fused-ring (bicyclic) bond motifs is 1. The van der Waals surface area contributed by atoms with Crippen LogP contribution in [0.25, 0.3) is 28.2 Å². The second-order valence-corrected chi connectivity index (χ2v) is 10.2. The second kappa shape index (κ2) is 13.3.